The van der Waals surface area contributed by atoms with Gasteiger partial charge < -0.3 is 5.32 Å². The second-order valence-electron chi connectivity index (χ2n) is 4.57. The maximum Gasteiger partial charge on any atom is 0.153 e. The third-order valence-corrected chi connectivity index (χ3v) is 4.75. The van der Waals surface area contributed by atoms with E-state index >= 15 is 0 Å². The van der Waals surface area contributed by atoms with Crippen molar-refractivity contribution in [3.8, 4) is 0 Å². The van der Waals surface area contributed by atoms with Crippen LogP contribution in [0.2, 0.25) is 0 Å². The predicted molar refractivity (Wildman–Crippen MR) is 63.8 cm³/mol. The zero-order valence-corrected chi connectivity index (χ0v) is 10.6. The molecule has 0 spiro atoms. The SMILES string of the molecule is CCCC[C@H]1CS(=O)(=O)C[C@@H](CCC)N1. The summed E-state index contributed by atoms with van der Waals surface area (Å²) in [5, 5.41) is 3.47. The Morgan fingerprint density at radius 1 is 1.07 bits per heavy atom. The number of unbranched alkanes of at least 4 members (excludes halogenated alkanes) is 1. The Hall–Kier alpha value is -0.0900. The van der Waals surface area contributed by atoms with Crippen LogP contribution in [-0.4, -0.2) is 32.0 Å². The van der Waals surface area contributed by atoms with E-state index in [1.807, 2.05) is 0 Å². The molecule has 1 aliphatic heterocycles. The fourth-order valence-corrected chi connectivity index (χ4v) is 4.13. The van der Waals surface area contributed by atoms with Crippen LogP contribution < -0.4 is 5.32 Å². The predicted octanol–water partition coefficient (Wildman–Crippen LogP) is 1.73. The second-order valence-corrected chi connectivity index (χ2v) is 6.72. The van der Waals surface area contributed by atoms with Gasteiger partial charge in [-0.2, -0.15) is 0 Å². The lowest BCUT2D eigenvalue weighted by Crippen LogP contribution is -2.51. The molecule has 0 radical (unpaired) electrons. The van der Waals surface area contributed by atoms with Gasteiger partial charge in [0.15, 0.2) is 9.84 Å². The van der Waals surface area contributed by atoms with Gasteiger partial charge in [-0.25, -0.2) is 8.42 Å². The number of sulfone groups is 1. The maximum absolute atomic E-state index is 11.7. The van der Waals surface area contributed by atoms with Crippen LogP contribution in [0.1, 0.15) is 46.0 Å². The summed E-state index contributed by atoms with van der Waals surface area (Å²) in [6.45, 7) is 4.24. The van der Waals surface area contributed by atoms with Crippen LogP contribution in [0.15, 0.2) is 0 Å². The van der Waals surface area contributed by atoms with Gasteiger partial charge in [0.2, 0.25) is 0 Å². The standard InChI is InChI=1S/C11H23NO2S/c1-3-5-7-11-9-15(13,14)8-10(12-11)6-4-2/h10-12H,3-9H2,1-2H3/t10-,11+/m1/s1. The zero-order chi connectivity index (χ0) is 11.3. The van der Waals surface area contributed by atoms with Gasteiger partial charge in [-0.05, 0) is 12.8 Å². The fraction of sp³-hybridized carbons (Fsp3) is 1.00. The van der Waals surface area contributed by atoms with Crippen LogP contribution in [0, 0.1) is 0 Å². The van der Waals surface area contributed by atoms with Crippen molar-refractivity contribution in [3.05, 3.63) is 0 Å². The molecule has 1 aliphatic rings. The molecule has 0 bridgehead atoms. The molecule has 0 aliphatic carbocycles. The van der Waals surface area contributed by atoms with Gasteiger partial charge in [-0.1, -0.05) is 33.1 Å². The van der Waals surface area contributed by atoms with E-state index in [9.17, 15) is 8.42 Å². The van der Waals surface area contributed by atoms with Gasteiger partial charge in [0.05, 0.1) is 11.5 Å². The maximum atomic E-state index is 11.7. The summed E-state index contributed by atoms with van der Waals surface area (Å²) in [5.41, 5.74) is 0. The number of hydrogen-bond donors (Lipinski definition) is 1. The summed E-state index contributed by atoms with van der Waals surface area (Å²) in [6.07, 6.45) is 5.27. The van der Waals surface area contributed by atoms with Gasteiger partial charge in [-0.3, -0.25) is 0 Å². The minimum Gasteiger partial charge on any atom is -0.309 e. The van der Waals surface area contributed by atoms with Crippen LogP contribution in [0.25, 0.3) is 0 Å². The van der Waals surface area contributed by atoms with Crippen molar-refractivity contribution in [1.29, 1.82) is 0 Å². The van der Waals surface area contributed by atoms with E-state index in [0.717, 1.165) is 32.1 Å². The molecule has 1 heterocycles. The Kier molecular flexibility index (Phi) is 5.06. The van der Waals surface area contributed by atoms with E-state index < -0.39 is 9.84 Å². The highest BCUT2D eigenvalue weighted by atomic mass is 32.2. The molecule has 15 heavy (non-hydrogen) atoms. The van der Waals surface area contributed by atoms with E-state index in [-0.39, 0.29) is 12.1 Å². The molecule has 0 aromatic heterocycles. The second kappa shape index (κ2) is 5.85. The Balaban J connectivity index is 2.52. The molecule has 0 aromatic rings. The van der Waals surface area contributed by atoms with Crippen molar-refractivity contribution in [2.45, 2.75) is 58.0 Å². The van der Waals surface area contributed by atoms with Crippen molar-refractivity contribution < 1.29 is 8.42 Å². The Morgan fingerprint density at radius 3 is 2.20 bits per heavy atom. The number of rotatable bonds is 5. The number of nitrogens with one attached hydrogen (secondary N) is 1. The van der Waals surface area contributed by atoms with Gasteiger partial charge in [-0.15, -0.1) is 0 Å². The van der Waals surface area contributed by atoms with Gasteiger partial charge in [0, 0.05) is 12.1 Å². The first-order chi connectivity index (χ1) is 7.07. The summed E-state index contributed by atoms with van der Waals surface area (Å²) < 4.78 is 23.3. The van der Waals surface area contributed by atoms with E-state index in [1.54, 1.807) is 0 Å². The molecule has 2 atom stereocenters. The normalized spacial score (nSPS) is 30.3. The lowest BCUT2D eigenvalue weighted by Gasteiger charge is -2.30. The molecule has 90 valence electrons. The van der Waals surface area contributed by atoms with Gasteiger partial charge in [0.25, 0.3) is 0 Å². The fourth-order valence-electron chi connectivity index (χ4n) is 2.24. The molecular formula is C11H23NO2S. The molecule has 4 heteroatoms. The monoisotopic (exact) mass is 233 g/mol. The summed E-state index contributed by atoms with van der Waals surface area (Å²) in [5.74, 6) is 0.677. The first kappa shape index (κ1) is 13.0. The summed E-state index contributed by atoms with van der Waals surface area (Å²) in [6, 6.07) is 0.385. The molecular weight excluding hydrogens is 210 g/mol. The van der Waals surface area contributed by atoms with Gasteiger partial charge in [0.1, 0.15) is 0 Å². The molecule has 0 aromatic carbocycles. The first-order valence-corrected chi connectivity index (χ1v) is 7.86. The largest absolute Gasteiger partial charge is 0.309 e. The molecule has 0 amide bonds. The van der Waals surface area contributed by atoms with Crippen LogP contribution in [-0.2, 0) is 9.84 Å². The molecule has 1 fully saturated rings. The topological polar surface area (TPSA) is 46.2 Å². The molecule has 1 N–H and O–H groups in total. The van der Waals surface area contributed by atoms with Crippen molar-refractivity contribution in [1.82, 2.24) is 5.32 Å². The van der Waals surface area contributed by atoms with Crippen molar-refractivity contribution in [2.75, 3.05) is 11.5 Å². The highest BCUT2D eigenvalue weighted by Gasteiger charge is 2.29. The summed E-state index contributed by atoms with van der Waals surface area (Å²) in [7, 11) is -2.80. The van der Waals surface area contributed by atoms with Crippen LogP contribution in [0.3, 0.4) is 0 Å². The first-order valence-electron chi connectivity index (χ1n) is 6.04. The molecule has 1 saturated heterocycles. The van der Waals surface area contributed by atoms with Crippen molar-refractivity contribution in [3.63, 3.8) is 0 Å². The van der Waals surface area contributed by atoms with E-state index in [4.69, 9.17) is 0 Å². The van der Waals surface area contributed by atoms with E-state index in [0.29, 0.717) is 11.5 Å². The molecule has 3 nitrogen and oxygen atoms in total. The molecule has 0 unspecified atom stereocenters. The third kappa shape index (κ3) is 4.51. The smallest absolute Gasteiger partial charge is 0.153 e. The van der Waals surface area contributed by atoms with Crippen molar-refractivity contribution >= 4 is 9.84 Å². The minimum absolute atomic E-state index is 0.190. The van der Waals surface area contributed by atoms with Crippen LogP contribution in [0.4, 0.5) is 0 Å². The Bertz CT molecular complexity index is 274. The highest BCUT2D eigenvalue weighted by molar-refractivity contribution is 7.91. The zero-order valence-electron chi connectivity index (χ0n) is 9.83. The van der Waals surface area contributed by atoms with Gasteiger partial charge >= 0.3 is 0 Å². The van der Waals surface area contributed by atoms with Crippen LogP contribution in [0.5, 0.6) is 0 Å². The highest BCUT2D eigenvalue weighted by Crippen LogP contribution is 2.14. The summed E-state index contributed by atoms with van der Waals surface area (Å²) >= 11 is 0. The Labute approximate surface area is 93.6 Å². The van der Waals surface area contributed by atoms with E-state index in [1.165, 1.54) is 0 Å². The lowest BCUT2D eigenvalue weighted by molar-refractivity contribution is 0.398. The molecule has 0 saturated carbocycles. The molecule has 1 rings (SSSR count). The average Bonchev–Trinajstić information content (AvgIpc) is 2.13. The minimum atomic E-state index is -2.80. The van der Waals surface area contributed by atoms with E-state index in [2.05, 4.69) is 19.2 Å². The lowest BCUT2D eigenvalue weighted by atomic mass is 10.1. The summed E-state index contributed by atoms with van der Waals surface area (Å²) in [4.78, 5) is 0. The number of hydrogen-bond acceptors (Lipinski definition) is 3. The Morgan fingerprint density at radius 2 is 1.67 bits per heavy atom. The average molecular weight is 233 g/mol. The van der Waals surface area contributed by atoms with Crippen LogP contribution >= 0.6 is 0 Å². The van der Waals surface area contributed by atoms with Crippen molar-refractivity contribution in [2.24, 2.45) is 0 Å². The quantitative estimate of drug-likeness (QED) is 0.786. The third-order valence-electron chi connectivity index (χ3n) is 2.92.